The first kappa shape index (κ1) is 16.5. The molecule has 2 heterocycles. The Hall–Kier alpha value is -1.82. The van der Waals surface area contributed by atoms with Gasteiger partial charge in [-0.1, -0.05) is 6.07 Å². The van der Waals surface area contributed by atoms with Gasteiger partial charge >= 0.3 is 6.09 Å². The molecule has 1 atom stereocenters. The van der Waals surface area contributed by atoms with Crippen LogP contribution in [0.2, 0.25) is 0 Å². The summed E-state index contributed by atoms with van der Waals surface area (Å²) in [7, 11) is 0. The number of pyridine rings is 1. The molecule has 1 aromatic rings. The summed E-state index contributed by atoms with van der Waals surface area (Å²) in [5.74, 6) is 0.758. The van der Waals surface area contributed by atoms with Crippen LogP contribution < -0.4 is 5.32 Å². The van der Waals surface area contributed by atoms with Crippen molar-refractivity contribution in [3.63, 3.8) is 0 Å². The number of ether oxygens (including phenoxy) is 1. The molecule has 6 heteroatoms. The van der Waals surface area contributed by atoms with Crippen LogP contribution in [0.5, 0.6) is 0 Å². The summed E-state index contributed by atoms with van der Waals surface area (Å²) >= 11 is 0. The molecule has 0 radical (unpaired) electrons. The van der Waals surface area contributed by atoms with Crippen molar-refractivity contribution in [2.45, 2.75) is 51.9 Å². The molecule has 0 unspecified atom stereocenters. The summed E-state index contributed by atoms with van der Waals surface area (Å²) in [5.41, 5.74) is 0.309. The molecule has 1 aromatic heterocycles. The topological polar surface area (TPSA) is 74.7 Å². The summed E-state index contributed by atoms with van der Waals surface area (Å²) in [6.07, 6.45) is 3.31. The molecule has 1 fully saturated rings. The number of aliphatic hydroxyl groups is 1. The number of hydrogen-bond donors (Lipinski definition) is 2. The lowest BCUT2D eigenvalue weighted by molar-refractivity contribution is 0.0206. The molecule has 122 valence electrons. The van der Waals surface area contributed by atoms with Gasteiger partial charge in [0, 0.05) is 25.3 Å². The van der Waals surface area contributed by atoms with Crippen LogP contribution in [0, 0.1) is 0 Å². The highest BCUT2D eigenvalue weighted by molar-refractivity contribution is 5.68. The Bertz CT molecular complexity index is 496. The summed E-state index contributed by atoms with van der Waals surface area (Å²) in [4.78, 5) is 18.1. The largest absolute Gasteiger partial charge is 0.444 e. The van der Waals surface area contributed by atoms with Crippen molar-refractivity contribution in [3.8, 4) is 0 Å². The minimum atomic E-state index is -0.473. The molecular formula is C16H25N3O3. The average molecular weight is 307 g/mol. The van der Waals surface area contributed by atoms with E-state index in [1.807, 2.05) is 32.9 Å². The second-order valence-corrected chi connectivity index (χ2v) is 6.62. The molecule has 1 aliphatic heterocycles. The first-order valence-electron chi connectivity index (χ1n) is 7.67. The van der Waals surface area contributed by atoms with Gasteiger partial charge < -0.3 is 20.1 Å². The smallest absolute Gasteiger partial charge is 0.410 e. The predicted molar refractivity (Wildman–Crippen MR) is 84.6 cm³/mol. The van der Waals surface area contributed by atoms with Gasteiger partial charge in [-0.25, -0.2) is 9.78 Å². The Morgan fingerprint density at radius 2 is 2.27 bits per heavy atom. The second kappa shape index (κ2) is 6.96. The Balaban J connectivity index is 1.91. The highest BCUT2D eigenvalue weighted by Crippen LogP contribution is 2.18. The highest BCUT2D eigenvalue weighted by atomic mass is 16.6. The van der Waals surface area contributed by atoms with Gasteiger partial charge in [0.15, 0.2) is 0 Å². The number of carbonyl (C=O) groups excluding carboxylic acids is 1. The Morgan fingerprint density at radius 3 is 2.86 bits per heavy atom. The van der Waals surface area contributed by atoms with Gasteiger partial charge in [0.25, 0.3) is 0 Å². The third-order valence-corrected chi connectivity index (χ3v) is 3.43. The molecular weight excluding hydrogens is 282 g/mol. The van der Waals surface area contributed by atoms with Crippen molar-refractivity contribution in [1.82, 2.24) is 9.88 Å². The fourth-order valence-electron chi connectivity index (χ4n) is 2.40. The molecule has 2 N–H and O–H groups in total. The number of aromatic nitrogens is 1. The van der Waals surface area contributed by atoms with Gasteiger partial charge in [0.2, 0.25) is 0 Å². The number of rotatable bonds is 3. The van der Waals surface area contributed by atoms with Crippen molar-refractivity contribution in [1.29, 1.82) is 0 Å². The quantitative estimate of drug-likeness (QED) is 0.897. The van der Waals surface area contributed by atoms with Crippen molar-refractivity contribution in [2.75, 3.05) is 18.4 Å². The summed E-state index contributed by atoms with van der Waals surface area (Å²) in [5, 5.41) is 12.4. The van der Waals surface area contributed by atoms with Crippen LogP contribution in [0.4, 0.5) is 10.6 Å². The fraction of sp³-hybridized carbons (Fsp3) is 0.625. The summed E-state index contributed by atoms with van der Waals surface area (Å²) < 4.78 is 5.42. The maximum Gasteiger partial charge on any atom is 0.410 e. The molecule has 0 aromatic carbocycles. The molecule has 0 bridgehead atoms. The number of piperidine rings is 1. The van der Waals surface area contributed by atoms with Gasteiger partial charge in [-0.2, -0.15) is 0 Å². The summed E-state index contributed by atoms with van der Waals surface area (Å²) in [6, 6.07) is 3.84. The van der Waals surface area contributed by atoms with E-state index in [4.69, 9.17) is 9.84 Å². The predicted octanol–water partition coefficient (Wildman–Crippen LogP) is 2.39. The number of amides is 1. The lowest BCUT2D eigenvalue weighted by atomic mass is 10.1. The molecule has 1 aliphatic rings. The number of anilines is 1. The van der Waals surface area contributed by atoms with Gasteiger partial charge in [-0.3, -0.25) is 0 Å². The van der Waals surface area contributed by atoms with Crippen LogP contribution in [-0.2, 0) is 11.3 Å². The van der Waals surface area contributed by atoms with E-state index in [1.165, 1.54) is 0 Å². The standard InChI is InChI=1S/C16H25N3O3/c1-16(2,3)22-15(21)19-8-4-5-13(10-19)18-14-7-6-12(11-20)9-17-14/h6-7,9,13,20H,4-5,8,10-11H2,1-3H3,(H,17,18)/t13-/m1/s1. The van der Waals surface area contributed by atoms with E-state index in [9.17, 15) is 4.79 Å². The first-order chi connectivity index (χ1) is 10.4. The Morgan fingerprint density at radius 1 is 1.50 bits per heavy atom. The molecule has 2 rings (SSSR count). The van der Waals surface area contributed by atoms with E-state index >= 15 is 0 Å². The minimum absolute atomic E-state index is 0.0108. The molecule has 6 nitrogen and oxygen atoms in total. The lowest BCUT2D eigenvalue weighted by Crippen LogP contribution is -2.47. The lowest BCUT2D eigenvalue weighted by Gasteiger charge is -2.34. The Labute approximate surface area is 131 Å². The van der Waals surface area contributed by atoms with Crippen LogP contribution in [0.3, 0.4) is 0 Å². The van der Waals surface area contributed by atoms with Gasteiger partial charge in [0.05, 0.1) is 6.61 Å². The number of carbonyl (C=O) groups is 1. The van der Waals surface area contributed by atoms with Crippen LogP contribution in [0.15, 0.2) is 18.3 Å². The van der Waals surface area contributed by atoms with E-state index in [1.54, 1.807) is 11.1 Å². The van der Waals surface area contributed by atoms with Crippen molar-refractivity contribution in [3.05, 3.63) is 23.9 Å². The number of likely N-dealkylation sites (tertiary alicyclic amines) is 1. The number of hydrogen-bond acceptors (Lipinski definition) is 5. The third-order valence-electron chi connectivity index (χ3n) is 3.43. The maximum absolute atomic E-state index is 12.1. The van der Waals surface area contributed by atoms with E-state index in [-0.39, 0.29) is 18.7 Å². The van der Waals surface area contributed by atoms with Crippen molar-refractivity contribution >= 4 is 11.9 Å². The van der Waals surface area contributed by atoms with E-state index in [0.29, 0.717) is 6.54 Å². The SMILES string of the molecule is CC(C)(C)OC(=O)N1CCC[C@@H](Nc2ccc(CO)cn2)C1. The first-order valence-corrected chi connectivity index (χ1v) is 7.67. The number of nitrogens with zero attached hydrogens (tertiary/aromatic N) is 2. The number of aliphatic hydroxyl groups excluding tert-OH is 1. The van der Waals surface area contributed by atoms with Crippen LogP contribution >= 0.6 is 0 Å². The zero-order valence-electron chi connectivity index (χ0n) is 13.5. The fourth-order valence-corrected chi connectivity index (χ4v) is 2.40. The maximum atomic E-state index is 12.1. The summed E-state index contributed by atoms with van der Waals surface area (Å²) in [6.45, 7) is 6.94. The normalized spacial score (nSPS) is 18.9. The van der Waals surface area contributed by atoms with Gasteiger partial charge in [-0.15, -0.1) is 0 Å². The van der Waals surface area contributed by atoms with Crippen molar-refractivity contribution < 1.29 is 14.6 Å². The molecule has 0 spiro atoms. The molecule has 22 heavy (non-hydrogen) atoms. The molecule has 1 saturated heterocycles. The van der Waals surface area contributed by atoms with Crippen LogP contribution in [0.25, 0.3) is 0 Å². The van der Waals surface area contributed by atoms with Crippen molar-refractivity contribution in [2.24, 2.45) is 0 Å². The zero-order chi connectivity index (χ0) is 16.2. The number of nitrogens with one attached hydrogen (secondary N) is 1. The zero-order valence-corrected chi connectivity index (χ0v) is 13.5. The van der Waals surface area contributed by atoms with Gasteiger partial charge in [-0.05, 0) is 45.2 Å². The third kappa shape index (κ3) is 4.87. The Kier molecular flexibility index (Phi) is 5.24. The minimum Gasteiger partial charge on any atom is -0.444 e. The molecule has 0 aliphatic carbocycles. The van der Waals surface area contributed by atoms with Crippen LogP contribution in [0.1, 0.15) is 39.2 Å². The van der Waals surface area contributed by atoms with E-state index < -0.39 is 5.60 Å². The monoisotopic (exact) mass is 307 g/mol. The van der Waals surface area contributed by atoms with E-state index in [2.05, 4.69) is 10.3 Å². The molecule has 0 saturated carbocycles. The molecule has 1 amide bonds. The average Bonchev–Trinajstić information content (AvgIpc) is 2.46. The van der Waals surface area contributed by atoms with Crippen LogP contribution in [-0.4, -0.2) is 45.8 Å². The van der Waals surface area contributed by atoms with Gasteiger partial charge in [0.1, 0.15) is 11.4 Å². The second-order valence-electron chi connectivity index (χ2n) is 6.62. The van der Waals surface area contributed by atoms with E-state index in [0.717, 1.165) is 30.8 Å². The highest BCUT2D eigenvalue weighted by Gasteiger charge is 2.27.